The highest BCUT2D eigenvalue weighted by molar-refractivity contribution is 6.03. The van der Waals surface area contributed by atoms with Crippen molar-refractivity contribution in [1.82, 2.24) is 19.9 Å². The summed E-state index contributed by atoms with van der Waals surface area (Å²) in [7, 11) is 0. The van der Waals surface area contributed by atoms with Crippen LogP contribution >= 0.6 is 0 Å². The van der Waals surface area contributed by atoms with Crippen LogP contribution in [0.1, 0.15) is 28.8 Å². The first kappa shape index (κ1) is 17.3. The molecule has 0 radical (unpaired) electrons. The number of hydrogen-bond acceptors (Lipinski definition) is 5. The molecule has 136 valence electrons. The monoisotopic (exact) mass is 359 g/mol. The molecule has 2 aromatic heterocycles. The standard InChI is InChI=1S/C21H21N5O/c27-21(17-13-23-20(24-14-17)19-8-1-2-9-22-19)25-18-7-5-6-16(12-18)15-26-10-3-4-11-26/h1-2,5-9,12-14H,3-4,10-11,15H2,(H,25,27). The van der Waals surface area contributed by atoms with Gasteiger partial charge < -0.3 is 5.32 Å². The van der Waals surface area contributed by atoms with Crippen LogP contribution in [-0.4, -0.2) is 38.8 Å². The van der Waals surface area contributed by atoms with Crippen LogP contribution in [0.25, 0.3) is 11.5 Å². The van der Waals surface area contributed by atoms with E-state index >= 15 is 0 Å². The number of carbonyl (C=O) groups excluding carboxylic acids is 1. The van der Waals surface area contributed by atoms with Crippen molar-refractivity contribution in [3.05, 3.63) is 72.2 Å². The minimum absolute atomic E-state index is 0.221. The van der Waals surface area contributed by atoms with Crippen molar-refractivity contribution in [2.45, 2.75) is 19.4 Å². The Morgan fingerprint density at radius 2 is 1.81 bits per heavy atom. The molecule has 0 bridgehead atoms. The van der Waals surface area contributed by atoms with Crippen molar-refractivity contribution in [3.8, 4) is 11.5 Å². The summed E-state index contributed by atoms with van der Waals surface area (Å²) in [5.41, 5.74) is 3.08. The number of amides is 1. The van der Waals surface area contributed by atoms with E-state index in [9.17, 15) is 4.79 Å². The van der Waals surface area contributed by atoms with Crippen molar-refractivity contribution in [3.63, 3.8) is 0 Å². The van der Waals surface area contributed by atoms with Crippen LogP contribution in [0.4, 0.5) is 5.69 Å². The number of pyridine rings is 1. The van der Waals surface area contributed by atoms with Crippen LogP contribution in [0.2, 0.25) is 0 Å². The lowest BCUT2D eigenvalue weighted by atomic mass is 10.2. The van der Waals surface area contributed by atoms with E-state index in [1.807, 2.05) is 36.4 Å². The van der Waals surface area contributed by atoms with Gasteiger partial charge in [0.2, 0.25) is 0 Å². The number of aromatic nitrogens is 3. The minimum Gasteiger partial charge on any atom is -0.322 e. The van der Waals surface area contributed by atoms with Crippen LogP contribution in [0.15, 0.2) is 61.1 Å². The molecule has 3 aromatic rings. The summed E-state index contributed by atoms with van der Waals surface area (Å²) in [5.74, 6) is 0.278. The van der Waals surface area contributed by atoms with Gasteiger partial charge in [-0.1, -0.05) is 18.2 Å². The minimum atomic E-state index is -0.221. The molecule has 0 unspecified atom stereocenters. The fourth-order valence-corrected chi connectivity index (χ4v) is 3.22. The van der Waals surface area contributed by atoms with Crippen molar-refractivity contribution in [2.24, 2.45) is 0 Å². The van der Waals surface area contributed by atoms with E-state index in [0.29, 0.717) is 17.1 Å². The Balaban J connectivity index is 1.43. The Morgan fingerprint density at radius 1 is 1.00 bits per heavy atom. The van der Waals surface area contributed by atoms with Gasteiger partial charge in [-0.2, -0.15) is 0 Å². The maximum atomic E-state index is 12.5. The predicted octanol–water partition coefficient (Wildman–Crippen LogP) is 3.39. The summed E-state index contributed by atoms with van der Waals surface area (Å²) >= 11 is 0. The Labute approximate surface area is 158 Å². The highest BCUT2D eigenvalue weighted by Crippen LogP contribution is 2.17. The molecule has 3 heterocycles. The van der Waals surface area contributed by atoms with Crippen molar-refractivity contribution in [2.75, 3.05) is 18.4 Å². The van der Waals surface area contributed by atoms with Crippen molar-refractivity contribution < 1.29 is 4.79 Å². The Bertz CT molecular complexity index is 905. The van der Waals surface area contributed by atoms with Gasteiger partial charge in [0.05, 0.1) is 5.56 Å². The van der Waals surface area contributed by atoms with Crippen LogP contribution in [0.5, 0.6) is 0 Å². The average Bonchev–Trinajstić information content (AvgIpc) is 3.22. The number of nitrogens with zero attached hydrogens (tertiary/aromatic N) is 4. The van der Waals surface area contributed by atoms with Gasteiger partial charge >= 0.3 is 0 Å². The normalized spacial score (nSPS) is 14.2. The summed E-state index contributed by atoms with van der Waals surface area (Å²) in [6.45, 7) is 3.22. The molecule has 0 spiro atoms. The SMILES string of the molecule is O=C(Nc1cccc(CN2CCCC2)c1)c1cnc(-c2ccccn2)nc1. The fourth-order valence-electron chi connectivity index (χ4n) is 3.22. The quantitative estimate of drug-likeness (QED) is 0.756. The van der Waals surface area contributed by atoms with Gasteiger partial charge in [0.1, 0.15) is 5.69 Å². The molecule has 1 amide bonds. The Hall–Kier alpha value is -3.12. The summed E-state index contributed by atoms with van der Waals surface area (Å²) in [5, 5.41) is 2.93. The van der Waals surface area contributed by atoms with Gasteiger partial charge in [-0.05, 0) is 55.8 Å². The largest absolute Gasteiger partial charge is 0.322 e. The van der Waals surface area contributed by atoms with Crippen molar-refractivity contribution >= 4 is 11.6 Å². The number of rotatable bonds is 5. The number of hydrogen-bond donors (Lipinski definition) is 1. The van der Waals surface area contributed by atoms with Gasteiger partial charge in [0.15, 0.2) is 5.82 Å². The van der Waals surface area contributed by atoms with E-state index in [0.717, 1.165) is 25.3 Å². The number of carbonyl (C=O) groups is 1. The highest BCUT2D eigenvalue weighted by atomic mass is 16.1. The van der Waals surface area contributed by atoms with Crippen LogP contribution < -0.4 is 5.32 Å². The molecule has 27 heavy (non-hydrogen) atoms. The third-order valence-corrected chi connectivity index (χ3v) is 4.60. The van der Waals surface area contributed by atoms with E-state index in [-0.39, 0.29) is 5.91 Å². The van der Waals surface area contributed by atoms with Gasteiger partial charge in [-0.3, -0.25) is 14.7 Å². The lowest BCUT2D eigenvalue weighted by Crippen LogP contribution is -2.18. The molecule has 1 aliphatic rings. The van der Waals surface area contributed by atoms with Crippen LogP contribution in [0.3, 0.4) is 0 Å². The number of anilines is 1. The Kier molecular flexibility index (Phi) is 5.16. The molecule has 1 fully saturated rings. The maximum Gasteiger partial charge on any atom is 0.258 e. The Morgan fingerprint density at radius 3 is 2.56 bits per heavy atom. The summed E-state index contributed by atoms with van der Waals surface area (Å²) in [6.07, 6.45) is 7.28. The van der Waals surface area contributed by atoms with Gasteiger partial charge in [-0.25, -0.2) is 9.97 Å². The van der Waals surface area contributed by atoms with E-state index in [1.54, 1.807) is 6.20 Å². The molecular formula is C21H21N5O. The second-order valence-electron chi connectivity index (χ2n) is 6.65. The first-order valence-corrected chi connectivity index (χ1v) is 9.14. The van der Waals surface area contributed by atoms with Crippen molar-refractivity contribution in [1.29, 1.82) is 0 Å². The third kappa shape index (κ3) is 4.35. The second kappa shape index (κ2) is 8.05. The van der Waals surface area contributed by atoms with E-state index in [1.165, 1.54) is 30.8 Å². The molecule has 1 aromatic carbocycles. The second-order valence-corrected chi connectivity index (χ2v) is 6.65. The van der Waals surface area contributed by atoms with E-state index in [4.69, 9.17) is 0 Å². The van der Waals surface area contributed by atoms with E-state index in [2.05, 4.69) is 31.2 Å². The molecule has 0 saturated carbocycles. The van der Waals surface area contributed by atoms with Crippen LogP contribution in [0, 0.1) is 0 Å². The number of likely N-dealkylation sites (tertiary alicyclic amines) is 1. The zero-order chi connectivity index (χ0) is 18.5. The van der Waals surface area contributed by atoms with Gasteiger partial charge in [0.25, 0.3) is 5.91 Å². The lowest BCUT2D eigenvalue weighted by Gasteiger charge is -2.15. The molecule has 1 aliphatic heterocycles. The molecule has 6 nitrogen and oxygen atoms in total. The predicted molar refractivity (Wildman–Crippen MR) is 104 cm³/mol. The van der Waals surface area contributed by atoms with Crippen LogP contribution in [-0.2, 0) is 6.54 Å². The molecule has 0 atom stereocenters. The molecule has 0 aliphatic carbocycles. The van der Waals surface area contributed by atoms with E-state index < -0.39 is 0 Å². The van der Waals surface area contributed by atoms with Gasteiger partial charge in [-0.15, -0.1) is 0 Å². The van der Waals surface area contributed by atoms with Gasteiger partial charge in [0, 0.05) is 30.8 Å². The fraction of sp³-hybridized carbons (Fsp3) is 0.238. The topological polar surface area (TPSA) is 71.0 Å². The average molecular weight is 359 g/mol. The summed E-state index contributed by atoms with van der Waals surface area (Å²) < 4.78 is 0. The first-order valence-electron chi connectivity index (χ1n) is 9.14. The summed E-state index contributed by atoms with van der Waals surface area (Å²) in [4.78, 5) is 27.7. The lowest BCUT2D eigenvalue weighted by molar-refractivity contribution is 0.102. The third-order valence-electron chi connectivity index (χ3n) is 4.60. The highest BCUT2D eigenvalue weighted by Gasteiger charge is 2.13. The zero-order valence-electron chi connectivity index (χ0n) is 15.0. The first-order chi connectivity index (χ1) is 13.3. The molecule has 4 rings (SSSR count). The smallest absolute Gasteiger partial charge is 0.258 e. The maximum absolute atomic E-state index is 12.5. The summed E-state index contributed by atoms with van der Waals surface area (Å²) in [6, 6.07) is 13.5. The zero-order valence-corrected chi connectivity index (χ0v) is 15.0. The number of nitrogens with one attached hydrogen (secondary N) is 1. The number of benzene rings is 1. The molecule has 1 saturated heterocycles. The molecule has 6 heteroatoms. The molecule has 1 N–H and O–H groups in total. The molecular weight excluding hydrogens is 338 g/mol.